The van der Waals surface area contributed by atoms with E-state index in [1.807, 2.05) is 24.3 Å². The average Bonchev–Trinajstić information content (AvgIpc) is 2.61. The normalized spacial score (nSPS) is 12.0. The summed E-state index contributed by atoms with van der Waals surface area (Å²) in [7, 11) is 3.42. The van der Waals surface area contributed by atoms with Crippen molar-refractivity contribution in [3.63, 3.8) is 0 Å². The van der Waals surface area contributed by atoms with Crippen LogP contribution in [0.3, 0.4) is 0 Å². The number of hydrogen-bond donors (Lipinski definition) is 1. The Morgan fingerprint density at radius 3 is 2.35 bits per heavy atom. The molecular weight excluding hydrogens is 286 g/mol. The predicted molar refractivity (Wildman–Crippen MR) is 95.5 cm³/mol. The van der Waals surface area contributed by atoms with Crippen LogP contribution in [0.25, 0.3) is 0 Å². The van der Waals surface area contributed by atoms with Gasteiger partial charge < -0.3 is 14.8 Å². The number of rotatable bonds is 9. The quantitative estimate of drug-likeness (QED) is 0.762. The highest BCUT2D eigenvalue weighted by Gasteiger charge is 2.05. The number of aryl methyl sites for hydroxylation is 1. The van der Waals surface area contributed by atoms with Crippen molar-refractivity contribution in [1.29, 1.82) is 0 Å². The highest BCUT2D eigenvalue weighted by atomic mass is 16.5. The summed E-state index contributed by atoms with van der Waals surface area (Å²) in [4.78, 5) is 0. The van der Waals surface area contributed by atoms with Crippen LogP contribution in [0.2, 0.25) is 0 Å². The molecule has 0 aliphatic heterocycles. The van der Waals surface area contributed by atoms with Crippen molar-refractivity contribution in [3.05, 3.63) is 59.7 Å². The van der Waals surface area contributed by atoms with Crippen molar-refractivity contribution < 1.29 is 9.47 Å². The van der Waals surface area contributed by atoms with Crippen LogP contribution in [0.1, 0.15) is 24.5 Å². The lowest BCUT2D eigenvalue weighted by atomic mass is 10.1. The summed E-state index contributed by atoms with van der Waals surface area (Å²) in [6.07, 6.45) is 3.18. The van der Waals surface area contributed by atoms with Crippen molar-refractivity contribution in [2.24, 2.45) is 0 Å². The van der Waals surface area contributed by atoms with Gasteiger partial charge in [0.2, 0.25) is 0 Å². The van der Waals surface area contributed by atoms with Crippen molar-refractivity contribution in [3.8, 4) is 11.5 Å². The van der Waals surface area contributed by atoms with Gasteiger partial charge in [-0.15, -0.1) is 0 Å². The first-order valence-electron chi connectivity index (χ1n) is 8.21. The topological polar surface area (TPSA) is 30.5 Å². The van der Waals surface area contributed by atoms with Crippen LogP contribution < -0.4 is 14.8 Å². The molecule has 0 saturated carbocycles. The molecule has 124 valence electrons. The van der Waals surface area contributed by atoms with Gasteiger partial charge in [0, 0.05) is 6.04 Å². The molecule has 0 amide bonds. The molecule has 0 bridgehead atoms. The molecule has 1 atom stereocenters. The molecule has 1 unspecified atom stereocenters. The fraction of sp³-hybridized carbons (Fsp3) is 0.400. The molecule has 0 spiro atoms. The van der Waals surface area contributed by atoms with E-state index in [-0.39, 0.29) is 0 Å². The third-order valence-corrected chi connectivity index (χ3v) is 4.10. The van der Waals surface area contributed by atoms with Crippen molar-refractivity contribution in [2.45, 2.75) is 32.2 Å². The number of hydrogen-bond acceptors (Lipinski definition) is 3. The van der Waals surface area contributed by atoms with E-state index in [0.717, 1.165) is 37.3 Å². The summed E-state index contributed by atoms with van der Waals surface area (Å²) in [6.45, 7) is 3.20. The minimum absolute atomic E-state index is 0.492. The molecule has 0 saturated heterocycles. The smallest absolute Gasteiger partial charge is 0.122 e. The number of para-hydroxylation sites is 1. The van der Waals surface area contributed by atoms with E-state index in [0.29, 0.717) is 6.04 Å². The molecule has 0 aliphatic rings. The Hall–Kier alpha value is -2.00. The third kappa shape index (κ3) is 5.61. The number of benzene rings is 2. The Balaban J connectivity index is 1.71. The van der Waals surface area contributed by atoms with Gasteiger partial charge in [-0.2, -0.15) is 0 Å². The molecule has 3 heteroatoms. The fourth-order valence-corrected chi connectivity index (χ4v) is 2.64. The van der Waals surface area contributed by atoms with E-state index in [1.54, 1.807) is 14.2 Å². The molecule has 2 aromatic rings. The highest BCUT2D eigenvalue weighted by Crippen LogP contribution is 2.17. The summed E-state index contributed by atoms with van der Waals surface area (Å²) < 4.78 is 10.6. The Morgan fingerprint density at radius 2 is 1.65 bits per heavy atom. The monoisotopic (exact) mass is 313 g/mol. The van der Waals surface area contributed by atoms with Crippen LogP contribution in [-0.2, 0) is 12.8 Å². The Bertz CT molecular complexity index is 580. The number of methoxy groups -OCH3 is 2. The first kappa shape index (κ1) is 17.4. The molecule has 0 fully saturated rings. The maximum absolute atomic E-state index is 5.39. The van der Waals surface area contributed by atoms with Gasteiger partial charge in [-0.25, -0.2) is 0 Å². The molecule has 23 heavy (non-hydrogen) atoms. The van der Waals surface area contributed by atoms with Crippen molar-refractivity contribution in [1.82, 2.24) is 5.32 Å². The van der Waals surface area contributed by atoms with Crippen LogP contribution in [-0.4, -0.2) is 26.8 Å². The zero-order valence-corrected chi connectivity index (χ0v) is 14.3. The number of ether oxygens (including phenoxy) is 2. The zero-order chi connectivity index (χ0) is 16.5. The van der Waals surface area contributed by atoms with E-state index >= 15 is 0 Å². The molecule has 0 radical (unpaired) electrons. The largest absolute Gasteiger partial charge is 0.497 e. The standard InChI is InChI=1S/C20H27NO2/c1-16(8-9-17-10-12-19(22-2)13-11-17)21-15-14-18-6-4-5-7-20(18)23-3/h4-7,10-13,16,21H,8-9,14-15H2,1-3H3. The van der Waals surface area contributed by atoms with Crippen LogP contribution in [0, 0.1) is 0 Å². The van der Waals surface area contributed by atoms with Gasteiger partial charge in [0.05, 0.1) is 14.2 Å². The number of nitrogens with one attached hydrogen (secondary N) is 1. The summed E-state index contributed by atoms with van der Waals surface area (Å²) in [5.74, 6) is 1.89. The first-order chi connectivity index (χ1) is 11.2. The van der Waals surface area contributed by atoms with E-state index in [2.05, 4.69) is 36.5 Å². The maximum Gasteiger partial charge on any atom is 0.122 e. The maximum atomic E-state index is 5.39. The molecule has 0 aliphatic carbocycles. The van der Waals surface area contributed by atoms with Gasteiger partial charge in [-0.3, -0.25) is 0 Å². The second kappa shape index (κ2) is 9.21. The summed E-state index contributed by atoms with van der Waals surface area (Å²) in [5, 5.41) is 3.59. The zero-order valence-electron chi connectivity index (χ0n) is 14.3. The fourth-order valence-electron chi connectivity index (χ4n) is 2.64. The van der Waals surface area contributed by atoms with Gasteiger partial charge >= 0.3 is 0 Å². The highest BCUT2D eigenvalue weighted by molar-refractivity contribution is 5.33. The van der Waals surface area contributed by atoms with Gasteiger partial charge in [-0.1, -0.05) is 30.3 Å². The summed E-state index contributed by atoms with van der Waals surface area (Å²) >= 11 is 0. The Morgan fingerprint density at radius 1 is 0.913 bits per heavy atom. The van der Waals surface area contributed by atoms with Crippen LogP contribution in [0.5, 0.6) is 11.5 Å². The second-order valence-electron chi connectivity index (χ2n) is 5.80. The molecule has 2 aromatic carbocycles. The summed E-state index contributed by atoms with van der Waals surface area (Å²) in [5.41, 5.74) is 2.61. The van der Waals surface area contributed by atoms with Crippen LogP contribution in [0.15, 0.2) is 48.5 Å². The van der Waals surface area contributed by atoms with Gasteiger partial charge in [-0.05, 0) is 62.1 Å². The lowest BCUT2D eigenvalue weighted by Crippen LogP contribution is -2.28. The molecule has 1 N–H and O–H groups in total. The van der Waals surface area contributed by atoms with E-state index in [9.17, 15) is 0 Å². The van der Waals surface area contributed by atoms with Crippen LogP contribution in [0.4, 0.5) is 0 Å². The molecule has 0 heterocycles. The second-order valence-corrected chi connectivity index (χ2v) is 5.80. The molecule has 2 rings (SSSR count). The van der Waals surface area contributed by atoms with Crippen molar-refractivity contribution in [2.75, 3.05) is 20.8 Å². The molecular formula is C20H27NO2. The lowest BCUT2D eigenvalue weighted by molar-refractivity contribution is 0.408. The summed E-state index contributed by atoms with van der Waals surface area (Å²) in [6, 6.07) is 17.0. The Kier molecular flexibility index (Phi) is 6.95. The SMILES string of the molecule is COc1ccc(CCC(C)NCCc2ccccc2OC)cc1. The first-order valence-corrected chi connectivity index (χ1v) is 8.21. The van der Waals surface area contributed by atoms with Gasteiger partial charge in [0.15, 0.2) is 0 Å². The van der Waals surface area contributed by atoms with Gasteiger partial charge in [0.25, 0.3) is 0 Å². The average molecular weight is 313 g/mol. The lowest BCUT2D eigenvalue weighted by Gasteiger charge is -2.15. The third-order valence-electron chi connectivity index (χ3n) is 4.10. The molecule has 3 nitrogen and oxygen atoms in total. The van der Waals surface area contributed by atoms with E-state index < -0.39 is 0 Å². The van der Waals surface area contributed by atoms with E-state index in [1.165, 1.54) is 11.1 Å². The van der Waals surface area contributed by atoms with Crippen LogP contribution >= 0.6 is 0 Å². The minimum Gasteiger partial charge on any atom is -0.497 e. The Labute approximate surface area is 139 Å². The predicted octanol–water partition coefficient (Wildman–Crippen LogP) is 3.86. The van der Waals surface area contributed by atoms with Gasteiger partial charge in [0.1, 0.15) is 11.5 Å². The van der Waals surface area contributed by atoms with E-state index in [4.69, 9.17) is 9.47 Å². The van der Waals surface area contributed by atoms with Crippen molar-refractivity contribution >= 4 is 0 Å². The minimum atomic E-state index is 0.492. The molecule has 0 aromatic heterocycles.